The van der Waals surface area contributed by atoms with Crippen molar-refractivity contribution in [2.45, 2.75) is 40.3 Å². The number of rotatable bonds is 7. The van der Waals surface area contributed by atoms with Gasteiger partial charge >= 0.3 is 0 Å². The third kappa shape index (κ3) is 4.59. The van der Waals surface area contributed by atoms with Gasteiger partial charge < -0.3 is 5.32 Å². The van der Waals surface area contributed by atoms with Crippen molar-refractivity contribution >= 4 is 11.6 Å². The van der Waals surface area contributed by atoms with Gasteiger partial charge in [-0.25, -0.2) is 4.68 Å². The fourth-order valence-corrected chi connectivity index (χ4v) is 2.46. The van der Waals surface area contributed by atoms with Crippen LogP contribution in [0.5, 0.6) is 0 Å². The van der Waals surface area contributed by atoms with E-state index in [0.717, 1.165) is 35.6 Å². The zero-order valence-corrected chi connectivity index (χ0v) is 14.2. The fourth-order valence-electron chi connectivity index (χ4n) is 2.46. The van der Waals surface area contributed by atoms with E-state index in [1.165, 1.54) is 0 Å². The van der Waals surface area contributed by atoms with E-state index < -0.39 is 0 Å². The zero-order chi connectivity index (χ0) is 16.8. The lowest BCUT2D eigenvalue weighted by Crippen LogP contribution is -2.31. The van der Waals surface area contributed by atoms with E-state index in [0.29, 0.717) is 6.54 Å². The maximum Gasteiger partial charge on any atom is 0.238 e. The van der Waals surface area contributed by atoms with Crippen LogP contribution in [0.2, 0.25) is 0 Å². The van der Waals surface area contributed by atoms with Gasteiger partial charge in [0, 0.05) is 12.2 Å². The van der Waals surface area contributed by atoms with Crippen LogP contribution in [0, 0.1) is 13.8 Å². The Morgan fingerprint density at radius 2 is 2.00 bits per heavy atom. The summed E-state index contributed by atoms with van der Waals surface area (Å²) < 4.78 is 1.78. The van der Waals surface area contributed by atoms with E-state index in [1.54, 1.807) is 4.68 Å². The normalized spacial score (nSPS) is 11.0. The van der Waals surface area contributed by atoms with Gasteiger partial charge in [-0.1, -0.05) is 25.1 Å². The molecule has 2 rings (SSSR count). The van der Waals surface area contributed by atoms with Gasteiger partial charge in [-0.3, -0.25) is 9.69 Å². The predicted octanol–water partition coefficient (Wildman–Crippen LogP) is 1.77. The second kappa shape index (κ2) is 7.82. The number of tetrazole rings is 1. The molecule has 0 bridgehead atoms. The Balaban J connectivity index is 1.93. The van der Waals surface area contributed by atoms with Crippen molar-refractivity contribution in [1.82, 2.24) is 25.1 Å². The minimum Gasteiger partial charge on any atom is -0.324 e. The summed E-state index contributed by atoms with van der Waals surface area (Å²) in [4.78, 5) is 14.2. The lowest BCUT2D eigenvalue weighted by molar-refractivity contribution is -0.117. The van der Waals surface area contributed by atoms with Crippen molar-refractivity contribution in [3.05, 3.63) is 35.2 Å². The molecule has 1 amide bonds. The van der Waals surface area contributed by atoms with Crippen LogP contribution in [0.1, 0.15) is 30.3 Å². The number of likely N-dealkylation sites (N-methyl/N-ethyl adjacent to an activating group) is 1. The highest BCUT2D eigenvalue weighted by Crippen LogP contribution is 2.19. The molecular weight excluding hydrogens is 292 g/mol. The number of carbonyl (C=O) groups excluding carboxylic acids is 1. The van der Waals surface area contributed by atoms with Gasteiger partial charge in [0.2, 0.25) is 5.91 Å². The largest absolute Gasteiger partial charge is 0.324 e. The second-order valence-corrected chi connectivity index (χ2v) is 5.81. The van der Waals surface area contributed by atoms with Crippen LogP contribution in [0.4, 0.5) is 5.69 Å². The molecule has 0 unspecified atom stereocenters. The van der Waals surface area contributed by atoms with E-state index in [2.05, 4.69) is 27.8 Å². The van der Waals surface area contributed by atoms with E-state index in [9.17, 15) is 4.79 Å². The number of nitrogens with zero attached hydrogens (tertiary/aromatic N) is 5. The lowest BCUT2D eigenvalue weighted by Gasteiger charge is -2.17. The number of aromatic nitrogens is 4. The molecule has 0 atom stereocenters. The van der Waals surface area contributed by atoms with Gasteiger partial charge in [-0.15, -0.1) is 5.10 Å². The molecule has 0 spiro atoms. The average Bonchev–Trinajstić information content (AvgIpc) is 2.90. The van der Waals surface area contributed by atoms with Gasteiger partial charge in [0.25, 0.3) is 0 Å². The van der Waals surface area contributed by atoms with E-state index >= 15 is 0 Å². The summed E-state index contributed by atoms with van der Waals surface area (Å²) >= 11 is 0. The molecule has 1 aromatic heterocycles. The molecule has 1 aromatic carbocycles. The molecule has 0 radical (unpaired) electrons. The minimum atomic E-state index is -0.0422. The number of nitrogens with one attached hydrogen (secondary N) is 1. The Bertz CT molecular complexity index is 646. The number of hydrogen-bond acceptors (Lipinski definition) is 5. The first-order valence-electron chi connectivity index (χ1n) is 7.81. The number of benzene rings is 1. The van der Waals surface area contributed by atoms with E-state index in [4.69, 9.17) is 0 Å². The van der Waals surface area contributed by atoms with Gasteiger partial charge in [0.1, 0.15) is 0 Å². The molecule has 0 aliphatic carbocycles. The average molecular weight is 316 g/mol. The first-order valence-corrected chi connectivity index (χ1v) is 7.81. The summed E-state index contributed by atoms with van der Waals surface area (Å²) in [5.41, 5.74) is 3.02. The highest BCUT2D eigenvalue weighted by atomic mass is 16.2. The Morgan fingerprint density at radius 1 is 1.30 bits per heavy atom. The maximum absolute atomic E-state index is 12.3. The molecule has 7 heteroatoms. The van der Waals surface area contributed by atoms with Crippen molar-refractivity contribution < 1.29 is 4.79 Å². The molecular formula is C16H24N6O. The van der Waals surface area contributed by atoms with Gasteiger partial charge in [-0.2, -0.15) is 0 Å². The molecule has 124 valence electrons. The molecule has 2 aromatic rings. The SMILES string of the molecule is CCCn1nnnc1CN(C)CC(=O)Nc1c(C)cccc1C. The van der Waals surface area contributed by atoms with Gasteiger partial charge in [0.05, 0.1) is 13.1 Å². The summed E-state index contributed by atoms with van der Waals surface area (Å²) in [6.45, 7) is 7.66. The molecule has 0 aliphatic rings. The zero-order valence-electron chi connectivity index (χ0n) is 14.2. The molecule has 0 saturated heterocycles. The molecule has 23 heavy (non-hydrogen) atoms. The van der Waals surface area contributed by atoms with E-state index in [1.807, 2.05) is 44.0 Å². The quantitative estimate of drug-likeness (QED) is 0.842. The fraction of sp³-hybridized carbons (Fsp3) is 0.500. The number of anilines is 1. The van der Waals surface area contributed by atoms with Crippen LogP contribution in [-0.4, -0.2) is 44.6 Å². The summed E-state index contributed by atoms with van der Waals surface area (Å²) in [6.07, 6.45) is 0.967. The Hall–Kier alpha value is -2.28. The lowest BCUT2D eigenvalue weighted by atomic mass is 10.1. The molecule has 0 fully saturated rings. The van der Waals surface area contributed by atoms with Crippen LogP contribution in [0.15, 0.2) is 18.2 Å². The van der Waals surface area contributed by atoms with Crippen molar-refractivity contribution in [2.75, 3.05) is 18.9 Å². The first-order chi connectivity index (χ1) is 11.0. The van der Waals surface area contributed by atoms with Gasteiger partial charge in [-0.05, 0) is 48.9 Å². The monoisotopic (exact) mass is 316 g/mol. The van der Waals surface area contributed by atoms with Crippen LogP contribution in [0.25, 0.3) is 0 Å². The van der Waals surface area contributed by atoms with Crippen molar-refractivity contribution in [3.63, 3.8) is 0 Å². The minimum absolute atomic E-state index is 0.0422. The Kier molecular flexibility index (Phi) is 5.81. The van der Waals surface area contributed by atoms with E-state index in [-0.39, 0.29) is 12.5 Å². The third-order valence-corrected chi connectivity index (χ3v) is 3.61. The summed E-state index contributed by atoms with van der Waals surface area (Å²) in [5.74, 6) is 0.730. The van der Waals surface area contributed by atoms with Crippen LogP contribution in [-0.2, 0) is 17.9 Å². The number of para-hydroxylation sites is 1. The molecule has 0 saturated carbocycles. The Morgan fingerprint density at radius 3 is 2.65 bits per heavy atom. The molecule has 0 aliphatic heterocycles. The Labute approximate surface area is 136 Å². The smallest absolute Gasteiger partial charge is 0.238 e. The molecule has 1 N–H and O–H groups in total. The molecule has 7 nitrogen and oxygen atoms in total. The third-order valence-electron chi connectivity index (χ3n) is 3.61. The highest BCUT2D eigenvalue weighted by Gasteiger charge is 2.13. The number of hydrogen-bond donors (Lipinski definition) is 1. The number of aryl methyl sites for hydroxylation is 3. The summed E-state index contributed by atoms with van der Waals surface area (Å²) in [7, 11) is 1.88. The maximum atomic E-state index is 12.3. The van der Waals surface area contributed by atoms with Crippen molar-refractivity contribution in [3.8, 4) is 0 Å². The molecule has 1 heterocycles. The summed E-state index contributed by atoms with van der Waals surface area (Å²) in [6, 6.07) is 5.97. The standard InChI is InChI=1S/C16H24N6O/c1-5-9-22-14(18-19-20-22)10-21(4)11-15(23)17-16-12(2)7-6-8-13(16)3/h6-8H,5,9-11H2,1-4H3,(H,17,23). The topological polar surface area (TPSA) is 75.9 Å². The van der Waals surface area contributed by atoms with Crippen molar-refractivity contribution in [1.29, 1.82) is 0 Å². The second-order valence-electron chi connectivity index (χ2n) is 5.81. The number of amides is 1. The first kappa shape index (κ1) is 17.1. The van der Waals surface area contributed by atoms with Gasteiger partial charge in [0.15, 0.2) is 5.82 Å². The van der Waals surface area contributed by atoms with Crippen molar-refractivity contribution in [2.24, 2.45) is 0 Å². The summed E-state index contributed by atoms with van der Waals surface area (Å²) in [5, 5.41) is 14.7. The predicted molar refractivity (Wildman–Crippen MR) is 89.0 cm³/mol. The highest BCUT2D eigenvalue weighted by molar-refractivity contribution is 5.93. The van der Waals surface area contributed by atoms with Crippen LogP contribution >= 0.6 is 0 Å². The van der Waals surface area contributed by atoms with Crippen LogP contribution in [0.3, 0.4) is 0 Å². The number of carbonyl (C=O) groups is 1. The van der Waals surface area contributed by atoms with Crippen LogP contribution < -0.4 is 5.32 Å².